The first-order chi connectivity index (χ1) is 9.15. The molecule has 1 fully saturated rings. The minimum atomic E-state index is -0.346. The summed E-state index contributed by atoms with van der Waals surface area (Å²) in [6.07, 6.45) is 0.128. The predicted molar refractivity (Wildman–Crippen MR) is 70.0 cm³/mol. The number of nitrogens with zero attached hydrogens (tertiary/aromatic N) is 2. The van der Waals surface area contributed by atoms with E-state index in [1.165, 1.54) is 7.11 Å². The number of methoxy groups -OCH3 is 1. The van der Waals surface area contributed by atoms with Crippen LogP contribution >= 0.6 is 0 Å². The van der Waals surface area contributed by atoms with E-state index in [4.69, 9.17) is 9.47 Å². The molecule has 0 aromatic heterocycles. The van der Waals surface area contributed by atoms with Crippen LogP contribution in [0.2, 0.25) is 0 Å². The maximum atomic E-state index is 9.60. The van der Waals surface area contributed by atoms with E-state index < -0.39 is 0 Å². The topological polar surface area (TPSA) is 65.7 Å². The van der Waals surface area contributed by atoms with Crippen LogP contribution in [-0.4, -0.2) is 42.9 Å². The Balaban J connectivity index is 2.24. The van der Waals surface area contributed by atoms with E-state index in [0.29, 0.717) is 12.4 Å². The van der Waals surface area contributed by atoms with E-state index in [0.717, 1.165) is 18.7 Å². The minimum absolute atomic E-state index is 0.0817. The fourth-order valence-corrected chi connectivity index (χ4v) is 2.31. The Bertz CT molecular complexity index is 484. The molecular formula is C14H18N2O3. The summed E-state index contributed by atoms with van der Waals surface area (Å²) >= 11 is 0. The second-order valence-electron chi connectivity index (χ2n) is 4.64. The third-order valence-corrected chi connectivity index (χ3v) is 3.28. The van der Waals surface area contributed by atoms with Gasteiger partial charge in [-0.05, 0) is 24.6 Å². The van der Waals surface area contributed by atoms with Crippen LogP contribution < -0.4 is 4.74 Å². The molecule has 1 aliphatic heterocycles. The molecule has 0 spiro atoms. The molecular weight excluding hydrogens is 244 g/mol. The van der Waals surface area contributed by atoms with Gasteiger partial charge in [0.1, 0.15) is 6.04 Å². The number of morpholine rings is 1. The zero-order valence-electron chi connectivity index (χ0n) is 11.2. The Morgan fingerprint density at radius 2 is 2.37 bits per heavy atom. The number of phenolic OH excluding ortho intramolecular Hbond substituents is 1. The summed E-state index contributed by atoms with van der Waals surface area (Å²) in [6, 6.07) is 6.99. The maximum absolute atomic E-state index is 9.60. The Labute approximate surface area is 113 Å². The van der Waals surface area contributed by atoms with Crippen LogP contribution in [0.25, 0.3) is 0 Å². The summed E-state index contributed by atoms with van der Waals surface area (Å²) in [4.78, 5) is 2.08. The monoisotopic (exact) mass is 262 g/mol. The van der Waals surface area contributed by atoms with Crippen molar-refractivity contribution in [2.45, 2.75) is 19.1 Å². The number of ether oxygens (including phenoxy) is 2. The van der Waals surface area contributed by atoms with Crippen molar-refractivity contribution in [1.29, 1.82) is 5.26 Å². The van der Waals surface area contributed by atoms with Gasteiger partial charge in [-0.15, -0.1) is 0 Å². The highest BCUT2D eigenvalue weighted by Gasteiger charge is 2.26. The van der Waals surface area contributed by atoms with Crippen LogP contribution in [0, 0.1) is 11.3 Å². The molecule has 1 N–H and O–H groups in total. The molecule has 0 aliphatic carbocycles. The van der Waals surface area contributed by atoms with Crippen molar-refractivity contribution in [3.8, 4) is 17.6 Å². The largest absolute Gasteiger partial charge is 0.504 e. The zero-order chi connectivity index (χ0) is 13.8. The lowest BCUT2D eigenvalue weighted by molar-refractivity contribution is -0.0269. The van der Waals surface area contributed by atoms with Gasteiger partial charge in [-0.3, -0.25) is 4.90 Å². The van der Waals surface area contributed by atoms with Crippen molar-refractivity contribution in [2.24, 2.45) is 0 Å². The predicted octanol–water partition coefficient (Wildman–Crippen LogP) is 1.69. The van der Waals surface area contributed by atoms with Gasteiger partial charge in [-0.1, -0.05) is 6.07 Å². The van der Waals surface area contributed by atoms with Crippen LogP contribution in [0.4, 0.5) is 0 Å². The number of phenols is 1. The van der Waals surface area contributed by atoms with Gasteiger partial charge in [0.15, 0.2) is 11.5 Å². The minimum Gasteiger partial charge on any atom is -0.504 e. The van der Waals surface area contributed by atoms with E-state index in [-0.39, 0.29) is 17.9 Å². The summed E-state index contributed by atoms with van der Waals surface area (Å²) in [7, 11) is 1.50. The molecule has 1 aromatic carbocycles. The van der Waals surface area contributed by atoms with Crippen LogP contribution in [0.1, 0.15) is 18.5 Å². The summed E-state index contributed by atoms with van der Waals surface area (Å²) in [5.41, 5.74) is 0.825. The third-order valence-electron chi connectivity index (χ3n) is 3.28. The van der Waals surface area contributed by atoms with Gasteiger partial charge in [0.05, 0.1) is 25.9 Å². The van der Waals surface area contributed by atoms with Gasteiger partial charge < -0.3 is 14.6 Å². The number of hydrogen-bond acceptors (Lipinski definition) is 5. The summed E-state index contributed by atoms with van der Waals surface area (Å²) in [5.74, 6) is 0.470. The number of aromatic hydroxyl groups is 1. The van der Waals surface area contributed by atoms with Crippen molar-refractivity contribution in [3.63, 3.8) is 0 Å². The maximum Gasteiger partial charge on any atom is 0.160 e. The first-order valence-corrected chi connectivity index (χ1v) is 6.28. The number of hydrogen-bond donors (Lipinski definition) is 1. The Hall–Kier alpha value is -1.77. The molecule has 0 radical (unpaired) electrons. The summed E-state index contributed by atoms with van der Waals surface area (Å²) in [6.45, 7) is 4.08. The average molecular weight is 262 g/mol. The molecule has 2 unspecified atom stereocenters. The quantitative estimate of drug-likeness (QED) is 0.898. The normalized spacial score (nSPS) is 21.6. The molecule has 1 heterocycles. The SMILES string of the molecule is COc1cc(C(C#N)N2CCOC(C)C2)ccc1O. The molecule has 19 heavy (non-hydrogen) atoms. The van der Waals surface area contributed by atoms with Gasteiger partial charge in [0.2, 0.25) is 0 Å². The van der Waals surface area contributed by atoms with Gasteiger partial charge in [-0.2, -0.15) is 5.26 Å². The smallest absolute Gasteiger partial charge is 0.160 e. The number of rotatable bonds is 3. The molecule has 1 aliphatic rings. The number of benzene rings is 1. The van der Waals surface area contributed by atoms with Crippen molar-refractivity contribution in [3.05, 3.63) is 23.8 Å². The highest BCUT2D eigenvalue weighted by atomic mass is 16.5. The first kappa shape index (κ1) is 13.7. The Morgan fingerprint density at radius 3 is 3.00 bits per heavy atom. The molecule has 5 heteroatoms. The Morgan fingerprint density at radius 1 is 1.58 bits per heavy atom. The van der Waals surface area contributed by atoms with E-state index in [1.807, 2.05) is 6.92 Å². The zero-order valence-corrected chi connectivity index (χ0v) is 11.2. The fourth-order valence-electron chi connectivity index (χ4n) is 2.31. The highest BCUT2D eigenvalue weighted by Crippen LogP contribution is 2.31. The molecule has 2 rings (SSSR count). The molecule has 0 bridgehead atoms. The second-order valence-corrected chi connectivity index (χ2v) is 4.64. The third kappa shape index (κ3) is 2.98. The van der Waals surface area contributed by atoms with E-state index in [1.54, 1.807) is 18.2 Å². The van der Waals surface area contributed by atoms with Gasteiger partial charge >= 0.3 is 0 Å². The lowest BCUT2D eigenvalue weighted by Gasteiger charge is -2.34. The lowest BCUT2D eigenvalue weighted by atomic mass is 10.0. The molecule has 102 valence electrons. The first-order valence-electron chi connectivity index (χ1n) is 6.28. The van der Waals surface area contributed by atoms with Crippen LogP contribution in [0.15, 0.2) is 18.2 Å². The molecule has 1 saturated heterocycles. The summed E-state index contributed by atoms with van der Waals surface area (Å²) < 4.78 is 10.6. The number of nitriles is 1. The highest BCUT2D eigenvalue weighted by molar-refractivity contribution is 5.43. The van der Waals surface area contributed by atoms with Crippen molar-refractivity contribution >= 4 is 0 Å². The molecule has 1 aromatic rings. The molecule has 0 amide bonds. The standard InChI is InChI=1S/C14H18N2O3/c1-10-9-16(5-6-19-10)12(8-15)11-3-4-13(17)14(7-11)18-2/h3-4,7,10,12,17H,5-6,9H2,1-2H3. The van der Waals surface area contributed by atoms with Gasteiger partial charge in [0, 0.05) is 13.1 Å². The molecule has 0 saturated carbocycles. The van der Waals surface area contributed by atoms with Gasteiger partial charge in [0.25, 0.3) is 0 Å². The van der Waals surface area contributed by atoms with Crippen LogP contribution in [-0.2, 0) is 4.74 Å². The molecule has 5 nitrogen and oxygen atoms in total. The Kier molecular flexibility index (Phi) is 4.25. The van der Waals surface area contributed by atoms with Crippen molar-refractivity contribution < 1.29 is 14.6 Å². The van der Waals surface area contributed by atoms with Gasteiger partial charge in [-0.25, -0.2) is 0 Å². The van der Waals surface area contributed by atoms with E-state index in [2.05, 4.69) is 11.0 Å². The second kappa shape index (κ2) is 5.91. The van der Waals surface area contributed by atoms with Crippen molar-refractivity contribution in [2.75, 3.05) is 26.8 Å². The van der Waals surface area contributed by atoms with E-state index >= 15 is 0 Å². The van der Waals surface area contributed by atoms with E-state index in [9.17, 15) is 10.4 Å². The summed E-state index contributed by atoms with van der Waals surface area (Å²) in [5, 5.41) is 19.0. The van der Waals surface area contributed by atoms with Crippen molar-refractivity contribution in [1.82, 2.24) is 4.90 Å². The lowest BCUT2D eigenvalue weighted by Crippen LogP contribution is -2.42. The average Bonchev–Trinajstić information content (AvgIpc) is 2.41. The fraction of sp³-hybridized carbons (Fsp3) is 0.500. The van der Waals surface area contributed by atoms with Crippen LogP contribution in [0.3, 0.4) is 0 Å². The molecule has 2 atom stereocenters. The van der Waals surface area contributed by atoms with Crippen LogP contribution in [0.5, 0.6) is 11.5 Å².